The van der Waals surface area contributed by atoms with Crippen molar-refractivity contribution in [2.45, 2.75) is 10.3 Å². The summed E-state index contributed by atoms with van der Waals surface area (Å²) in [6.07, 6.45) is 0. The van der Waals surface area contributed by atoms with Crippen LogP contribution in [0.2, 0.25) is 10.0 Å². The van der Waals surface area contributed by atoms with E-state index >= 15 is 0 Å². The van der Waals surface area contributed by atoms with Crippen LogP contribution in [0.25, 0.3) is 0 Å². The number of nitrogens with zero attached hydrogens (tertiary/aromatic N) is 1. The van der Waals surface area contributed by atoms with Crippen molar-refractivity contribution < 1.29 is 14.0 Å². The van der Waals surface area contributed by atoms with E-state index in [9.17, 15) is 19.2 Å². The van der Waals surface area contributed by atoms with Gasteiger partial charge in [-0.1, -0.05) is 23.2 Å². The number of nitrogens with one attached hydrogen (secondary N) is 2. The molecule has 10 heteroatoms. The van der Waals surface area contributed by atoms with Gasteiger partial charge >= 0.3 is 0 Å². The Balaban J connectivity index is 1.54. The molecule has 0 saturated heterocycles. The minimum absolute atomic E-state index is 0.0293. The summed E-state index contributed by atoms with van der Waals surface area (Å²) in [6, 6.07) is 16.2. The lowest BCUT2D eigenvalue weighted by molar-refractivity contribution is -0.117. The highest BCUT2D eigenvalue weighted by Gasteiger charge is 2.67. The minimum Gasteiger partial charge on any atom is -0.326 e. The molecule has 0 bridgehead atoms. The number of anilines is 2. The Labute approximate surface area is 214 Å². The summed E-state index contributed by atoms with van der Waals surface area (Å²) in [6.45, 7) is 0. The van der Waals surface area contributed by atoms with Crippen molar-refractivity contribution in [2.24, 2.45) is 5.92 Å². The summed E-state index contributed by atoms with van der Waals surface area (Å²) >= 11 is 24.9. The molecule has 34 heavy (non-hydrogen) atoms. The Bertz CT molecular complexity index is 1320. The van der Waals surface area contributed by atoms with Crippen molar-refractivity contribution in [3.63, 3.8) is 0 Å². The number of halogens is 5. The number of carbonyl (C=O) groups is 2. The first kappa shape index (κ1) is 24.3. The highest BCUT2D eigenvalue weighted by atomic mass is 35.5. The monoisotopic (exact) mass is 535 g/mol. The molecule has 0 aromatic heterocycles. The Morgan fingerprint density at radius 3 is 2.15 bits per heavy atom. The molecule has 1 saturated carbocycles. The van der Waals surface area contributed by atoms with Gasteiger partial charge in [-0.15, -0.1) is 23.2 Å². The molecule has 2 amide bonds. The molecule has 5 nitrogen and oxygen atoms in total. The lowest BCUT2D eigenvalue weighted by atomic mass is 10.1. The zero-order chi connectivity index (χ0) is 24.6. The van der Waals surface area contributed by atoms with Crippen LogP contribution in [-0.4, -0.2) is 16.1 Å². The number of alkyl halides is 2. The van der Waals surface area contributed by atoms with Crippen LogP contribution in [0.5, 0.6) is 0 Å². The molecule has 3 aromatic carbocycles. The van der Waals surface area contributed by atoms with E-state index in [1.54, 1.807) is 18.2 Å². The van der Waals surface area contributed by atoms with Crippen molar-refractivity contribution in [3.05, 3.63) is 93.2 Å². The molecule has 1 aliphatic carbocycles. The molecule has 3 aromatic rings. The first-order valence-electron chi connectivity index (χ1n) is 9.86. The number of nitriles is 1. The van der Waals surface area contributed by atoms with Crippen molar-refractivity contribution in [1.29, 1.82) is 5.26 Å². The van der Waals surface area contributed by atoms with Crippen LogP contribution >= 0.6 is 46.4 Å². The first-order chi connectivity index (χ1) is 16.1. The number of carbonyl (C=O) groups excluding carboxylic acids is 2. The molecule has 2 atom stereocenters. The van der Waals surface area contributed by atoms with E-state index in [1.165, 1.54) is 42.5 Å². The molecular formula is C24H14Cl4FN3O2. The fourth-order valence-electron chi connectivity index (χ4n) is 3.68. The zero-order valence-corrected chi connectivity index (χ0v) is 20.1. The lowest BCUT2D eigenvalue weighted by Gasteiger charge is -2.10. The Morgan fingerprint density at radius 2 is 1.53 bits per heavy atom. The third kappa shape index (κ3) is 4.98. The van der Waals surface area contributed by atoms with Gasteiger partial charge in [0.1, 0.15) is 10.2 Å². The largest absolute Gasteiger partial charge is 0.326 e. The van der Waals surface area contributed by atoms with Gasteiger partial charge < -0.3 is 10.6 Å². The van der Waals surface area contributed by atoms with Crippen LogP contribution in [-0.2, 0) is 4.79 Å². The van der Waals surface area contributed by atoms with Crippen molar-refractivity contribution in [3.8, 4) is 6.07 Å². The van der Waals surface area contributed by atoms with E-state index in [-0.39, 0.29) is 16.8 Å². The summed E-state index contributed by atoms with van der Waals surface area (Å²) < 4.78 is 11.7. The number of hydrogen-bond acceptors (Lipinski definition) is 3. The van der Waals surface area contributed by atoms with Crippen LogP contribution in [0.15, 0.2) is 60.7 Å². The highest BCUT2D eigenvalue weighted by Crippen LogP contribution is 2.65. The summed E-state index contributed by atoms with van der Waals surface area (Å²) in [5, 5.41) is 15.5. The number of rotatable bonds is 5. The van der Waals surface area contributed by atoms with Gasteiger partial charge in [0.05, 0.1) is 23.1 Å². The third-order valence-electron chi connectivity index (χ3n) is 5.33. The molecular weight excluding hydrogens is 523 g/mol. The van der Waals surface area contributed by atoms with Crippen LogP contribution < -0.4 is 10.6 Å². The molecule has 4 rings (SSSR count). The van der Waals surface area contributed by atoms with Crippen molar-refractivity contribution in [1.82, 2.24) is 0 Å². The highest BCUT2D eigenvalue weighted by molar-refractivity contribution is 6.53. The van der Waals surface area contributed by atoms with E-state index in [0.717, 1.165) is 0 Å². The Morgan fingerprint density at radius 1 is 0.912 bits per heavy atom. The second-order valence-corrected chi connectivity index (χ2v) is 9.97. The van der Waals surface area contributed by atoms with Gasteiger partial charge in [0.15, 0.2) is 0 Å². The molecule has 1 fully saturated rings. The fraction of sp³-hybridized carbons (Fsp3) is 0.125. The van der Waals surface area contributed by atoms with E-state index in [1.807, 2.05) is 6.07 Å². The molecule has 172 valence electrons. The normalized spacial score (nSPS) is 18.0. The van der Waals surface area contributed by atoms with Crippen LogP contribution in [0.4, 0.5) is 15.8 Å². The summed E-state index contributed by atoms with van der Waals surface area (Å²) in [5.41, 5.74) is 1.37. The second-order valence-electron chi connectivity index (χ2n) is 7.66. The topological polar surface area (TPSA) is 82.0 Å². The van der Waals surface area contributed by atoms with Gasteiger partial charge in [-0.3, -0.25) is 9.59 Å². The molecule has 1 unspecified atom stereocenters. The standard InChI is InChI=1S/C24H14Cl4FN3O2/c25-14-7-13(8-15(26)9-14)20-21(24(20,27)28)23(34)32-18-4-1-12(11-30)19(10-18)22(33)31-17-5-2-16(29)3-6-17/h1-10,20-21H,(H,31,33)(H,32,34)/t20-,21?/m1/s1. The van der Waals surface area contributed by atoms with Gasteiger partial charge in [-0.2, -0.15) is 5.26 Å². The number of hydrogen-bond donors (Lipinski definition) is 2. The zero-order valence-electron chi connectivity index (χ0n) is 17.1. The van der Waals surface area contributed by atoms with Gasteiger partial charge in [-0.05, 0) is 66.2 Å². The smallest absolute Gasteiger partial charge is 0.257 e. The van der Waals surface area contributed by atoms with E-state index in [0.29, 0.717) is 21.3 Å². The SMILES string of the molecule is N#Cc1ccc(NC(=O)C2[C@@H](c3cc(Cl)cc(Cl)c3)C2(Cl)Cl)cc1C(=O)Nc1ccc(F)cc1. The Hall–Kier alpha value is -2.82. The first-order valence-corrected chi connectivity index (χ1v) is 11.4. The van der Waals surface area contributed by atoms with E-state index in [2.05, 4.69) is 10.6 Å². The summed E-state index contributed by atoms with van der Waals surface area (Å²) in [5.74, 6) is -2.85. The molecule has 0 aliphatic heterocycles. The van der Waals surface area contributed by atoms with E-state index < -0.39 is 33.8 Å². The third-order valence-corrected chi connectivity index (χ3v) is 6.71. The van der Waals surface area contributed by atoms with Gasteiger partial charge in [-0.25, -0.2) is 4.39 Å². The van der Waals surface area contributed by atoms with Gasteiger partial charge in [0, 0.05) is 27.3 Å². The van der Waals surface area contributed by atoms with Crippen molar-refractivity contribution >= 4 is 69.6 Å². The molecule has 0 spiro atoms. The summed E-state index contributed by atoms with van der Waals surface area (Å²) in [7, 11) is 0. The number of benzene rings is 3. The fourth-order valence-corrected chi connectivity index (χ4v) is 5.05. The average molecular weight is 537 g/mol. The van der Waals surface area contributed by atoms with Crippen molar-refractivity contribution in [2.75, 3.05) is 10.6 Å². The van der Waals surface area contributed by atoms with Gasteiger partial charge in [0.2, 0.25) is 5.91 Å². The minimum atomic E-state index is -1.37. The predicted octanol–water partition coefficient (Wildman–Crippen LogP) is 6.78. The maximum atomic E-state index is 13.1. The average Bonchev–Trinajstić information content (AvgIpc) is 3.36. The molecule has 2 N–H and O–H groups in total. The summed E-state index contributed by atoms with van der Waals surface area (Å²) in [4.78, 5) is 25.7. The number of amides is 2. The molecule has 1 aliphatic rings. The van der Waals surface area contributed by atoms with Crippen LogP contribution in [0, 0.1) is 23.1 Å². The van der Waals surface area contributed by atoms with Gasteiger partial charge in [0.25, 0.3) is 5.91 Å². The molecule has 0 heterocycles. The van der Waals surface area contributed by atoms with Crippen LogP contribution in [0.3, 0.4) is 0 Å². The molecule has 0 radical (unpaired) electrons. The Kier molecular flexibility index (Phi) is 6.75. The second kappa shape index (κ2) is 9.44. The maximum absolute atomic E-state index is 13.1. The lowest BCUT2D eigenvalue weighted by Crippen LogP contribution is -2.18. The van der Waals surface area contributed by atoms with Crippen LogP contribution in [0.1, 0.15) is 27.4 Å². The van der Waals surface area contributed by atoms with E-state index in [4.69, 9.17) is 46.4 Å². The maximum Gasteiger partial charge on any atom is 0.257 e. The quantitative estimate of drug-likeness (QED) is 0.352. The predicted molar refractivity (Wildman–Crippen MR) is 131 cm³/mol.